The van der Waals surface area contributed by atoms with E-state index in [1.807, 2.05) is 0 Å². The number of nitrogens with zero attached hydrogens (tertiary/aromatic N) is 1. The molecule has 9 heteroatoms. The normalized spacial score (nSPS) is 23.8. The predicted molar refractivity (Wildman–Crippen MR) is 106 cm³/mol. The van der Waals surface area contributed by atoms with E-state index in [2.05, 4.69) is 4.72 Å². The van der Waals surface area contributed by atoms with Crippen molar-refractivity contribution >= 4 is 27.3 Å². The fraction of sp³-hybridized carbons (Fsp3) is 0.421. The number of carbonyl (C=O) groups is 1. The fourth-order valence-electron chi connectivity index (χ4n) is 4.16. The van der Waals surface area contributed by atoms with Crippen LogP contribution in [0.1, 0.15) is 23.2 Å². The van der Waals surface area contributed by atoms with Crippen LogP contribution in [-0.4, -0.2) is 52.1 Å². The number of thiophene rings is 1. The molecule has 1 aromatic heterocycles. The molecule has 2 heterocycles. The zero-order chi connectivity index (χ0) is 19.9. The molecule has 2 bridgehead atoms. The average molecular weight is 423 g/mol. The van der Waals surface area contributed by atoms with Crippen molar-refractivity contribution in [2.75, 3.05) is 20.8 Å². The van der Waals surface area contributed by atoms with E-state index in [1.165, 1.54) is 25.6 Å². The summed E-state index contributed by atoms with van der Waals surface area (Å²) in [7, 11) is -0.492. The molecule has 1 saturated carbocycles. The molecule has 3 unspecified atom stereocenters. The van der Waals surface area contributed by atoms with Crippen LogP contribution in [0.4, 0.5) is 0 Å². The Balaban J connectivity index is 1.55. The third kappa shape index (κ3) is 3.49. The second-order valence-electron chi connectivity index (χ2n) is 7.12. The van der Waals surface area contributed by atoms with Gasteiger partial charge in [0.2, 0.25) is 10.0 Å². The Kier molecular flexibility index (Phi) is 5.07. The van der Waals surface area contributed by atoms with Crippen molar-refractivity contribution < 1.29 is 22.7 Å². The molecule has 2 fully saturated rings. The minimum Gasteiger partial charge on any atom is -0.497 e. The highest BCUT2D eigenvalue weighted by atomic mass is 32.2. The predicted octanol–water partition coefficient (Wildman–Crippen LogP) is 2.35. The number of rotatable bonds is 6. The molecule has 1 saturated heterocycles. The summed E-state index contributed by atoms with van der Waals surface area (Å²) in [5.41, 5.74) is 0.476. The lowest BCUT2D eigenvalue weighted by atomic mass is 10.0. The number of ether oxygens (including phenoxy) is 2. The van der Waals surface area contributed by atoms with Gasteiger partial charge in [-0.25, -0.2) is 13.1 Å². The third-order valence-corrected chi connectivity index (χ3v) is 8.29. The van der Waals surface area contributed by atoms with Crippen LogP contribution >= 0.6 is 11.3 Å². The number of likely N-dealkylation sites (tertiary alicyclic amines) is 1. The molecule has 1 aliphatic carbocycles. The van der Waals surface area contributed by atoms with Crippen molar-refractivity contribution in [3.05, 3.63) is 41.3 Å². The molecule has 0 radical (unpaired) electrons. The largest absolute Gasteiger partial charge is 0.497 e. The summed E-state index contributed by atoms with van der Waals surface area (Å²) in [5.74, 6) is 1.26. The van der Waals surface area contributed by atoms with Gasteiger partial charge in [-0.15, -0.1) is 11.3 Å². The van der Waals surface area contributed by atoms with Crippen LogP contribution in [0.25, 0.3) is 0 Å². The van der Waals surface area contributed by atoms with Crippen LogP contribution in [0, 0.1) is 5.92 Å². The number of sulfonamides is 1. The van der Waals surface area contributed by atoms with Crippen LogP contribution in [0.5, 0.6) is 11.5 Å². The van der Waals surface area contributed by atoms with E-state index < -0.39 is 10.0 Å². The van der Waals surface area contributed by atoms with Gasteiger partial charge >= 0.3 is 0 Å². The molecule has 3 atom stereocenters. The van der Waals surface area contributed by atoms with Gasteiger partial charge in [0.25, 0.3) is 5.91 Å². The van der Waals surface area contributed by atoms with Crippen LogP contribution < -0.4 is 14.2 Å². The Hall–Kier alpha value is -2.10. The monoisotopic (exact) mass is 422 g/mol. The van der Waals surface area contributed by atoms with Gasteiger partial charge < -0.3 is 14.4 Å². The lowest BCUT2D eigenvalue weighted by molar-refractivity contribution is 0.0677. The van der Waals surface area contributed by atoms with E-state index in [-0.39, 0.29) is 18.0 Å². The average Bonchev–Trinajstić information content (AvgIpc) is 3.43. The number of benzene rings is 1. The first kappa shape index (κ1) is 19.2. The summed E-state index contributed by atoms with van der Waals surface area (Å²) < 4.78 is 38.8. The van der Waals surface area contributed by atoms with E-state index in [9.17, 15) is 13.2 Å². The van der Waals surface area contributed by atoms with Crippen LogP contribution in [-0.2, 0) is 10.0 Å². The molecule has 1 aromatic carbocycles. The second-order valence-corrected chi connectivity index (χ2v) is 10.0. The van der Waals surface area contributed by atoms with Gasteiger partial charge in [0.1, 0.15) is 15.7 Å². The van der Waals surface area contributed by atoms with Gasteiger partial charge in [-0.1, -0.05) is 6.07 Å². The van der Waals surface area contributed by atoms with E-state index in [0.717, 1.165) is 12.8 Å². The number of amides is 1. The molecular formula is C19H22N2O5S2. The van der Waals surface area contributed by atoms with E-state index >= 15 is 0 Å². The Labute approximate surface area is 168 Å². The highest BCUT2D eigenvalue weighted by Gasteiger charge is 2.48. The molecule has 2 aromatic rings. The molecule has 150 valence electrons. The Bertz CT molecular complexity index is 952. The highest BCUT2D eigenvalue weighted by Crippen LogP contribution is 2.39. The summed E-state index contributed by atoms with van der Waals surface area (Å²) >= 11 is 1.19. The van der Waals surface area contributed by atoms with Crippen LogP contribution in [0.3, 0.4) is 0 Å². The summed E-state index contributed by atoms with van der Waals surface area (Å²) in [6, 6.07) is 7.96. The van der Waals surface area contributed by atoms with E-state index in [0.29, 0.717) is 33.7 Å². The molecule has 28 heavy (non-hydrogen) atoms. The smallest absolute Gasteiger partial charge is 0.254 e. The van der Waals surface area contributed by atoms with Gasteiger partial charge in [0, 0.05) is 30.3 Å². The van der Waals surface area contributed by atoms with Crippen molar-refractivity contribution in [1.29, 1.82) is 0 Å². The summed E-state index contributed by atoms with van der Waals surface area (Å²) in [6.45, 7) is 0.639. The lowest BCUT2D eigenvalue weighted by Gasteiger charge is -2.33. The van der Waals surface area contributed by atoms with Gasteiger partial charge in [-0.05, 0) is 42.3 Å². The second kappa shape index (κ2) is 7.38. The molecule has 0 spiro atoms. The van der Waals surface area contributed by atoms with Gasteiger partial charge in [-0.3, -0.25) is 4.79 Å². The maximum atomic E-state index is 13.2. The van der Waals surface area contributed by atoms with Gasteiger partial charge in [0.05, 0.1) is 14.2 Å². The number of nitrogens with one attached hydrogen (secondary N) is 1. The van der Waals surface area contributed by atoms with Crippen molar-refractivity contribution in [2.24, 2.45) is 5.92 Å². The van der Waals surface area contributed by atoms with E-state index in [4.69, 9.17) is 9.47 Å². The van der Waals surface area contributed by atoms with E-state index in [1.54, 1.807) is 40.6 Å². The summed E-state index contributed by atoms with van der Waals surface area (Å²) in [4.78, 5) is 14.9. The van der Waals surface area contributed by atoms with Crippen LogP contribution in [0.15, 0.2) is 39.9 Å². The van der Waals surface area contributed by atoms with Crippen molar-refractivity contribution in [1.82, 2.24) is 9.62 Å². The fourth-order valence-corrected chi connectivity index (χ4v) is 6.45. The van der Waals surface area contributed by atoms with Crippen LogP contribution in [0.2, 0.25) is 0 Å². The lowest BCUT2D eigenvalue weighted by Crippen LogP contribution is -2.51. The third-order valence-electron chi connectivity index (χ3n) is 5.41. The first-order chi connectivity index (χ1) is 13.4. The van der Waals surface area contributed by atoms with Crippen molar-refractivity contribution in [2.45, 2.75) is 29.1 Å². The Morgan fingerprint density at radius 1 is 1.18 bits per heavy atom. The molecule has 4 rings (SSSR count). The summed E-state index contributed by atoms with van der Waals surface area (Å²) in [5, 5.41) is 1.74. The quantitative estimate of drug-likeness (QED) is 0.772. The molecule has 7 nitrogen and oxygen atoms in total. The molecular weight excluding hydrogens is 400 g/mol. The Morgan fingerprint density at radius 3 is 2.46 bits per heavy atom. The molecule has 2 aliphatic rings. The SMILES string of the molecule is COc1cc(OC)cc(C(=O)N2CC3CC(NS(=O)(=O)c4cccs4)C2C3)c1. The number of hydrogen-bond acceptors (Lipinski definition) is 6. The number of carbonyl (C=O) groups excluding carboxylic acids is 1. The topological polar surface area (TPSA) is 84.9 Å². The maximum Gasteiger partial charge on any atom is 0.254 e. The van der Waals surface area contributed by atoms with Gasteiger partial charge in [0.15, 0.2) is 0 Å². The zero-order valence-corrected chi connectivity index (χ0v) is 17.3. The molecule has 1 aliphatic heterocycles. The number of fused-ring (bicyclic) bond motifs is 2. The van der Waals surface area contributed by atoms with Crippen molar-refractivity contribution in [3.63, 3.8) is 0 Å². The standard InChI is InChI=1S/C19H22N2O5S2/c1-25-14-8-13(9-15(10-14)26-2)19(22)21-11-12-6-16(17(21)7-12)20-28(23,24)18-4-3-5-27-18/h3-5,8-10,12,16-17,20H,6-7,11H2,1-2H3. The zero-order valence-electron chi connectivity index (χ0n) is 15.6. The minimum absolute atomic E-state index is 0.135. The van der Waals surface area contributed by atoms with Gasteiger partial charge in [-0.2, -0.15) is 0 Å². The maximum absolute atomic E-state index is 13.2. The number of piperidine rings is 1. The Morgan fingerprint density at radius 2 is 1.89 bits per heavy atom. The first-order valence-electron chi connectivity index (χ1n) is 9.01. The van der Waals surface area contributed by atoms with Crippen molar-refractivity contribution in [3.8, 4) is 11.5 Å². The molecule has 1 amide bonds. The minimum atomic E-state index is -3.57. The number of methoxy groups -OCH3 is 2. The number of hydrogen-bond donors (Lipinski definition) is 1. The summed E-state index contributed by atoms with van der Waals surface area (Å²) in [6.07, 6.45) is 1.56. The molecule has 1 N–H and O–H groups in total. The highest BCUT2D eigenvalue weighted by molar-refractivity contribution is 7.91. The first-order valence-corrected chi connectivity index (χ1v) is 11.4.